The minimum atomic E-state index is -3.55. The van der Waals surface area contributed by atoms with Crippen LogP contribution in [-0.2, 0) is 8.87 Å². The molecule has 4 aromatic rings. The first-order valence-electron chi connectivity index (χ1n) is 6.27. The van der Waals surface area contributed by atoms with Crippen molar-refractivity contribution in [3.63, 3.8) is 0 Å². The summed E-state index contributed by atoms with van der Waals surface area (Å²) in [5.74, 6) is 0. The van der Waals surface area contributed by atoms with Gasteiger partial charge in [-0.05, 0) is 24.3 Å². The number of hydrogen-bond donors (Lipinski definition) is 0. The highest BCUT2D eigenvalue weighted by atomic mass is 33.1. The Morgan fingerprint density at radius 1 is 0.818 bits per heavy atom. The highest BCUT2D eigenvalue weighted by molar-refractivity contribution is 8.72. The Hall–Kier alpha value is -1.48. The minimum Gasteiger partial charge on any atom is -0.229 e. The second kappa shape index (κ2) is 5.31. The normalized spacial score (nSPS) is 12.2. The molecule has 0 fully saturated rings. The molecule has 0 aliphatic carbocycles. The Kier molecular flexibility index (Phi) is 3.41. The Morgan fingerprint density at radius 2 is 1.41 bits per heavy atom. The number of rotatable bonds is 3. The van der Waals surface area contributed by atoms with Gasteiger partial charge in [0.1, 0.15) is 0 Å². The molecule has 0 aliphatic rings. The lowest BCUT2D eigenvalue weighted by atomic mass is 10.3. The molecule has 2 heterocycles. The van der Waals surface area contributed by atoms with Gasteiger partial charge in [0.2, 0.25) is 4.34 Å². The van der Waals surface area contributed by atoms with E-state index in [-0.39, 0.29) is 4.34 Å². The Morgan fingerprint density at radius 3 is 2.05 bits per heavy atom. The van der Waals surface area contributed by atoms with Crippen LogP contribution in [0.2, 0.25) is 0 Å². The van der Waals surface area contributed by atoms with E-state index in [1.165, 1.54) is 22.7 Å². The van der Waals surface area contributed by atoms with Crippen molar-refractivity contribution in [2.75, 3.05) is 0 Å². The molecule has 0 bridgehead atoms. The van der Waals surface area contributed by atoms with Gasteiger partial charge in [-0.3, -0.25) is 0 Å². The largest absolute Gasteiger partial charge is 0.263 e. The molecular formula is C14H8N2O2S4. The van der Waals surface area contributed by atoms with Crippen LogP contribution in [-0.4, -0.2) is 18.4 Å². The van der Waals surface area contributed by atoms with Crippen LogP contribution in [0.25, 0.3) is 20.4 Å². The molecule has 2 aromatic carbocycles. The Balaban J connectivity index is 1.73. The molecule has 0 atom stereocenters. The number of hydrogen-bond acceptors (Lipinski definition) is 7. The molecule has 2 aromatic heterocycles. The van der Waals surface area contributed by atoms with Crippen LogP contribution in [0.5, 0.6) is 0 Å². The summed E-state index contributed by atoms with van der Waals surface area (Å²) in [6.45, 7) is 0. The number of fused-ring (bicyclic) bond motifs is 2. The predicted molar refractivity (Wildman–Crippen MR) is 92.3 cm³/mol. The first-order valence-corrected chi connectivity index (χ1v) is 10.7. The summed E-state index contributed by atoms with van der Waals surface area (Å²) >= 11 is 2.56. The van der Waals surface area contributed by atoms with E-state index < -0.39 is 8.87 Å². The maximum atomic E-state index is 12.5. The molecule has 0 spiro atoms. The van der Waals surface area contributed by atoms with E-state index in [0.717, 1.165) is 25.7 Å². The molecule has 0 aliphatic heterocycles. The summed E-state index contributed by atoms with van der Waals surface area (Å²) in [5, 5.41) is 0. The third kappa shape index (κ3) is 2.52. The van der Waals surface area contributed by atoms with E-state index in [1.54, 1.807) is 0 Å². The number of para-hydroxylation sites is 2. The summed E-state index contributed by atoms with van der Waals surface area (Å²) in [7, 11) is -2.78. The monoisotopic (exact) mass is 364 g/mol. The molecule has 0 unspecified atom stereocenters. The average molecular weight is 364 g/mol. The first kappa shape index (κ1) is 14.1. The van der Waals surface area contributed by atoms with E-state index in [9.17, 15) is 8.42 Å². The second-order valence-corrected chi connectivity index (χ2v) is 10.7. The number of aromatic nitrogens is 2. The molecule has 0 saturated heterocycles. The maximum absolute atomic E-state index is 12.5. The molecule has 0 saturated carbocycles. The van der Waals surface area contributed by atoms with Crippen LogP contribution in [0.15, 0.2) is 57.2 Å². The van der Waals surface area contributed by atoms with Crippen molar-refractivity contribution in [1.82, 2.24) is 9.97 Å². The van der Waals surface area contributed by atoms with Crippen molar-refractivity contribution in [1.29, 1.82) is 0 Å². The summed E-state index contributed by atoms with van der Waals surface area (Å²) in [6, 6.07) is 15.0. The van der Waals surface area contributed by atoms with E-state index in [2.05, 4.69) is 9.97 Å². The van der Waals surface area contributed by atoms with Crippen molar-refractivity contribution in [2.45, 2.75) is 8.68 Å². The Labute approximate surface area is 138 Å². The van der Waals surface area contributed by atoms with Crippen LogP contribution >= 0.6 is 33.5 Å². The number of benzene rings is 2. The predicted octanol–water partition coefficient (Wildman–Crippen LogP) is 4.39. The smallest absolute Gasteiger partial charge is 0.229 e. The van der Waals surface area contributed by atoms with Gasteiger partial charge in [-0.1, -0.05) is 24.3 Å². The lowest BCUT2D eigenvalue weighted by molar-refractivity contribution is 0.610. The fourth-order valence-electron chi connectivity index (χ4n) is 1.97. The van der Waals surface area contributed by atoms with Crippen molar-refractivity contribution >= 4 is 62.8 Å². The SMILES string of the molecule is O=S(=O)(Sc1nc2ccccc2s1)c1nc2ccccc2s1. The fraction of sp³-hybridized carbons (Fsp3) is 0. The second-order valence-electron chi connectivity index (χ2n) is 4.43. The Bertz CT molecular complexity index is 1020. The van der Waals surface area contributed by atoms with Gasteiger partial charge in [0.15, 0.2) is 4.34 Å². The van der Waals surface area contributed by atoms with Crippen molar-refractivity contribution in [3.05, 3.63) is 48.5 Å². The lowest BCUT2D eigenvalue weighted by Crippen LogP contribution is -1.93. The fourth-order valence-corrected chi connectivity index (χ4v) is 7.78. The van der Waals surface area contributed by atoms with Gasteiger partial charge < -0.3 is 0 Å². The minimum absolute atomic E-state index is 0.123. The van der Waals surface area contributed by atoms with E-state index in [0.29, 0.717) is 9.86 Å². The number of nitrogens with zero attached hydrogens (tertiary/aromatic N) is 2. The van der Waals surface area contributed by atoms with Gasteiger partial charge in [0.25, 0.3) is 8.87 Å². The summed E-state index contributed by atoms with van der Waals surface area (Å²) in [5.41, 5.74) is 1.52. The van der Waals surface area contributed by atoms with E-state index >= 15 is 0 Å². The molecule has 22 heavy (non-hydrogen) atoms. The van der Waals surface area contributed by atoms with E-state index in [4.69, 9.17) is 0 Å². The van der Waals surface area contributed by atoms with E-state index in [1.807, 2.05) is 48.5 Å². The molecule has 4 nitrogen and oxygen atoms in total. The number of thiazole rings is 2. The summed E-state index contributed by atoms with van der Waals surface area (Å²) < 4.78 is 27.5. The zero-order valence-electron chi connectivity index (χ0n) is 11.0. The van der Waals surface area contributed by atoms with Crippen molar-refractivity contribution in [3.8, 4) is 0 Å². The third-order valence-corrected chi connectivity index (χ3v) is 9.22. The first-order chi connectivity index (χ1) is 10.6. The average Bonchev–Trinajstić information content (AvgIpc) is 3.09. The van der Waals surface area contributed by atoms with Gasteiger partial charge in [-0.15, -0.1) is 22.7 Å². The highest BCUT2D eigenvalue weighted by Gasteiger charge is 2.23. The molecule has 0 amide bonds. The summed E-state index contributed by atoms with van der Waals surface area (Å²) in [4.78, 5) is 8.58. The van der Waals surface area contributed by atoms with Gasteiger partial charge in [-0.25, -0.2) is 18.4 Å². The van der Waals surface area contributed by atoms with Gasteiger partial charge in [0.05, 0.1) is 20.4 Å². The van der Waals surface area contributed by atoms with Gasteiger partial charge in [0, 0.05) is 10.8 Å². The quantitative estimate of drug-likeness (QED) is 0.505. The topological polar surface area (TPSA) is 59.9 Å². The standard InChI is InChI=1S/C14H8N2O2S4/c17-22(18,14-16-10-6-2-4-8-12(10)20-14)21-13-15-9-5-1-3-7-11(9)19-13/h1-8H. The highest BCUT2D eigenvalue weighted by Crippen LogP contribution is 2.38. The van der Waals surface area contributed by atoms with Crippen LogP contribution in [0.3, 0.4) is 0 Å². The van der Waals surface area contributed by atoms with Crippen LogP contribution in [0, 0.1) is 0 Å². The van der Waals surface area contributed by atoms with Crippen molar-refractivity contribution < 1.29 is 8.42 Å². The van der Waals surface area contributed by atoms with Crippen LogP contribution in [0.1, 0.15) is 0 Å². The molecule has 4 rings (SSSR count). The molecule has 110 valence electrons. The molecule has 8 heteroatoms. The van der Waals surface area contributed by atoms with Gasteiger partial charge >= 0.3 is 0 Å². The molecule has 0 N–H and O–H groups in total. The maximum Gasteiger partial charge on any atom is 0.263 e. The summed E-state index contributed by atoms with van der Waals surface area (Å²) in [6.07, 6.45) is 0. The van der Waals surface area contributed by atoms with Gasteiger partial charge in [-0.2, -0.15) is 0 Å². The van der Waals surface area contributed by atoms with Crippen LogP contribution in [0.4, 0.5) is 0 Å². The van der Waals surface area contributed by atoms with Crippen molar-refractivity contribution in [2.24, 2.45) is 0 Å². The third-order valence-electron chi connectivity index (χ3n) is 2.94. The zero-order valence-corrected chi connectivity index (χ0v) is 14.2. The molecule has 0 radical (unpaired) electrons. The molecular weight excluding hydrogens is 356 g/mol. The van der Waals surface area contributed by atoms with Crippen LogP contribution < -0.4 is 0 Å². The zero-order chi connectivity index (χ0) is 15.2. The lowest BCUT2D eigenvalue weighted by Gasteiger charge is -1.94.